The number of hydrogen-bond donors (Lipinski definition) is 3. The zero-order chi connectivity index (χ0) is 17.8. The van der Waals surface area contributed by atoms with Crippen molar-refractivity contribution in [3.05, 3.63) is 28.8 Å². The standard InChI is InChI=1S/C15H18ClNO6/c1-15(2,3)23-14(22)17-11-5-4-8(6-10(11)16)9(13(20)21)7-12(18)19/h4-6,9H,7H2,1-3H3,(H,17,22)(H,18,19)(H,20,21). The Bertz CT molecular complexity index is 623. The third-order valence-corrected chi connectivity index (χ3v) is 3.02. The van der Waals surface area contributed by atoms with Gasteiger partial charge in [-0.1, -0.05) is 17.7 Å². The summed E-state index contributed by atoms with van der Waals surface area (Å²) in [6.07, 6.45) is -1.27. The Morgan fingerprint density at radius 3 is 2.30 bits per heavy atom. The van der Waals surface area contributed by atoms with Gasteiger partial charge >= 0.3 is 18.0 Å². The molecule has 0 spiro atoms. The molecule has 0 aliphatic carbocycles. The minimum absolute atomic E-state index is 0.0880. The first-order chi connectivity index (χ1) is 10.5. The molecule has 0 aromatic heterocycles. The maximum Gasteiger partial charge on any atom is 0.412 e. The maximum absolute atomic E-state index is 11.7. The number of carboxylic acid groups (broad SMARTS) is 2. The quantitative estimate of drug-likeness (QED) is 0.755. The monoisotopic (exact) mass is 343 g/mol. The van der Waals surface area contributed by atoms with E-state index in [4.69, 9.17) is 26.6 Å². The summed E-state index contributed by atoms with van der Waals surface area (Å²) >= 11 is 6.02. The van der Waals surface area contributed by atoms with E-state index >= 15 is 0 Å². The summed E-state index contributed by atoms with van der Waals surface area (Å²) in [4.78, 5) is 33.6. The summed E-state index contributed by atoms with van der Waals surface area (Å²) in [6.45, 7) is 5.13. The van der Waals surface area contributed by atoms with Crippen LogP contribution in [0.4, 0.5) is 10.5 Å². The Hall–Kier alpha value is -2.28. The molecule has 0 aliphatic heterocycles. The van der Waals surface area contributed by atoms with E-state index in [-0.39, 0.29) is 16.3 Å². The topological polar surface area (TPSA) is 113 Å². The van der Waals surface area contributed by atoms with Gasteiger partial charge in [-0.15, -0.1) is 0 Å². The van der Waals surface area contributed by atoms with Crippen LogP contribution in [0.25, 0.3) is 0 Å². The van der Waals surface area contributed by atoms with Crippen molar-refractivity contribution in [2.75, 3.05) is 5.32 Å². The average molecular weight is 344 g/mol. The number of rotatable bonds is 5. The van der Waals surface area contributed by atoms with Crippen molar-refractivity contribution >= 4 is 35.3 Å². The van der Waals surface area contributed by atoms with Crippen LogP contribution in [-0.2, 0) is 14.3 Å². The summed E-state index contributed by atoms with van der Waals surface area (Å²) in [7, 11) is 0. The van der Waals surface area contributed by atoms with Crippen LogP contribution in [0.15, 0.2) is 18.2 Å². The van der Waals surface area contributed by atoms with Crippen LogP contribution in [0.3, 0.4) is 0 Å². The van der Waals surface area contributed by atoms with Crippen molar-refractivity contribution < 1.29 is 29.3 Å². The summed E-state index contributed by atoms with van der Waals surface area (Å²) in [5.41, 5.74) is -0.199. The van der Waals surface area contributed by atoms with Crippen LogP contribution in [0.2, 0.25) is 5.02 Å². The lowest BCUT2D eigenvalue weighted by molar-refractivity contribution is -0.145. The van der Waals surface area contributed by atoms with E-state index in [0.717, 1.165) is 0 Å². The van der Waals surface area contributed by atoms with Gasteiger partial charge in [0.1, 0.15) is 5.60 Å². The van der Waals surface area contributed by atoms with E-state index in [1.54, 1.807) is 20.8 Å². The summed E-state index contributed by atoms with van der Waals surface area (Å²) < 4.78 is 5.08. The molecule has 23 heavy (non-hydrogen) atoms. The van der Waals surface area contributed by atoms with Crippen molar-refractivity contribution in [2.24, 2.45) is 0 Å². The van der Waals surface area contributed by atoms with E-state index in [2.05, 4.69) is 5.32 Å². The predicted octanol–water partition coefficient (Wildman–Crippen LogP) is 3.33. The highest BCUT2D eigenvalue weighted by molar-refractivity contribution is 6.33. The number of carboxylic acids is 2. The molecule has 1 amide bonds. The number of halogens is 1. The van der Waals surface area contributed by atoms with Crippen molar-refractivity contribution in [2.45, 2.75) is 38.7 Å². The molecule has 0 heterocycles. The second kappa shape index (κ2) is 7.32. The van der Waals surface area contributed by atoms with Gasteiger partial charge in [0.25, 0.3) is 0 Å². The van der Waals surface area contributed by atoms with Crippen LogP contribution in [0.5, 0.6) is 0 Å². The lowest BCUT2D eigenvalue weighted by Gasteiger charge is -2.20. The van der Waals surface area contributed by atoms with Gasteiger partial charge in [0.05, 0.1) is 23.0 Å². The molecule has 0 saturated carbocycles. The fraction of sp³-hybridized carbons (Fsp3) is 0.400. The number of amides is 1. The zero-order valence-electron chi connectivity index (χ0n) is 12.9. The van der Waals surface area contributed by atoms with Gasteiger partial charge in [0.15, 0.2) is 0 Å². The van der Waals surface area contributed by atoms with Crippen LogP contribution in [0.1, 0.15) is 38.7 Å². The largest absolute Gasteiger partial charge is 0.481 e. The van der Waals surface area contributed by atoms with Gasteiger partial charge in [-0.05, 0) is 38.5 Å². The van der Waals surface area contributed by atoms with Crippen LogP contribution in [-0.4, -0.2) is 33.8 Å². The Kier molecular flexibility index (Phi) is 5.98. The fourth-order valence-electron chi connectivity index (χ4n) is 1.79. The summed E-state index contributed by atoms with van der Waals surface area (Å²) in [5.74, 6) is -3.72. The molecule has 0 fully saturated rings. The molecule has 0 aliphatic rings. The molecule has 0 saturated heterocycles. The van der Waals surface area contributed by atoms with Gasteiger partial charge in [0, 0.05) is 0 Å². The highest BCUT2D eigenvalue weighted by atomic mass is 35.5. The number of anilines is 1. The Balaban J connectivity index is 2.95. The molecule has 1 rings (SSSR count). The predicted molar refractivity (Wildman–Crippen MR) is 83.9 cm³/mol. The molecule has 1 atom stereocenters. The minimum atomic E-state index is -1.27. The summed E-state index contributed by atoms with van der Waals surface area (Å²) in [5, 5.41) is 20.4. The van der Waals surface area contributed by atoms with E-state index in [1.165, 1.54) is 18.2 Å². The highest BCUT2D eigenvalue weighted by Gasteiger charge is 2.24. The molecule has 0 radical (unpaired) electrons. The van der Waals surface area contributed by atoms with Crippen LogP contribution in [0, 0.1) is 0 Å². The molecule has 8 heteroatoms. The second-order valence-corrected chi connectivity index (χ2v) is 6.26. The van der Waals surface area contributed by atoms with Gasteiger partial charge in [-0.2, -0.15) is 0 Å². The number of benzene rings is 1. The fourth-order valence-corrected chi connectivity index (χ4v) is 2.02. The van der Waals surface area contributed by atoms with Crippen LogP contribution >= 0.6 is 11.6 Å². The SMILES string of the molecule is CC(C)(C)OC(=O)Nc1ccc(C(CC(=O)O)C(=O)O)cc1Cl. The van der Waals surface area contributed by atoms with Crippen molar-refractivity contribution in [3.8, 4) is 0 Å². The Morgan fingerprint density at radius 1 is 1.26 bits per heavy atom. The first kappa shape index (κ1) is 18.8. The number of ether oxygens (including phenoxy) is 1. The maximum atomic E-state index is 11.7. The summed E-state index contributed by atoms with van der Waals surface area (Å²) in [6, 6.07) is 4.12. The molecular weight excluding hydrogens is 326 g/mol. The molecule has 1 aromatic rings. The Morgan fingerprint density at radius 2 is 1.87 bits per heavy atom. The molecule has 3 N–H and O–H groups in total. The highest BCUT2D eigenvalue weighted by Crippen LogP contribution is 2.29. The van der Waals surface area contributed by atoms with E-state index in [1.807, 2.05) is 0 Å². The third kappa shape index (κ3) is 6.15. The first-order valence-electron chi connectivity index (χ1n) is 6.73. The zero-order valence-corrected chi connectivity index (χ0v) is 13.7. The van der Waals surface area contributed by atoms with Crippen molar-refractivity contribution in [3.63, 3.8) is 0 Å². The van der Waals surface area contributed by atoms with Gasteiger partial charge < -0.3 is 14.9 Å². The van der Waals surface area contributed by atoms with E-state index in [0.29, 0.717) is 0 Å². The lowest BCUT2D eigenvalue weighted by atomic mass is 9.95. The van der Waals surface area contributed by atoms with Gasteiger partial charge in [0.2, 0.25) is 0 Å². The number of aliphatic carboxylic acids is 2. The number of nitrogens with one attached hydrogen (secondary N) is 1. The number of carbonyl (C=O) groups is 3. The molecule has 1 unspecified atom stereocenters. The third-order valence-electron chi connectivity index (χ3n) is 2.71. The normalized spacial score (nSPS) is 12.3. The number of hydrogen-bond acceptors (Lipinski definition) is 4. The van der Waals surface area contributed by atoms with Gasteiger partial charge in [-0.3, -0.25) is 14.9 Å². The van der Waals surface area contributed by atoms with Crippen molar-refractivity contribution in [1.29, 1.82) is 0 Å². The van der Waals surface area contributed by atoms with E-state index < -0.39 is 36.0 Å². The van der Waals surface area contributed by atoms with E-state index in [9.17, 15) is 14.4 Å². The average Bonchev–Trinajstić information content (AvgIpc) is 2.35. The molecule has 1 aromatic carbocycles. The second-order valence-electron chi connectivity index (χ2n) is 5.85. The minimum Gasteiger partial charge on any atom is -0.481 e. The Labute approximate surface area is 138 Å². The van der Waals surface area contributed by atoms with Gasteiger partial charge in [-0.25, -0.2) is 4.79 Å². The smallest absolute Gasteiger partial charge is 0.412 e. The lowest BCUT2D eigenvalue weighted by Crippen LogP contribution is -2.27. The first-order valence-corrected chi connectivity index (χ1v) is 7.11. The molecule has 126 valence electrons. The van der Waals surface area contributed by atoms with Crippen LogP contribution < -0.4 is 5.32 Å². The number of carbonyl (C=O) groups excluding carboxylic acids is 1. The molecular formula is C15H18ClNO6. The molecule has 7 nitrogen and oxygen atoms in total. The molecule has 0 bridgehead atoms. The van der Waals surface area contributed by atoms with Crippen molar-refractivity contribution in [1.82, 2.24) is 0 Å².